The van der Waals surface area contributed by atoms with Gasteiger partial charge in [-0.05, 0) is 36.5 Å². The molecule has 0 spiro atoms. The van der Waals surface area contributed by atoms with E-state index in [0.29, 0.717) is 37.0 Å². The van der Waals surface area contributed by atoms with E-state index in [1.165, 1.54) is 42.0 Å². The zero-order chi connectivity index (χ0) is 18.7. The topological polar surface area (TPSA) is 57.7 Å². The maximum absolute atomic E-state index is 12.9. The molecule has 1 aliphatic carbocycles. The molecule has 1 saturated heterocycles. The Kier molecular flexibility index (Phi) is 6.03. The van der Waals surface area contributed by atoms with Gasteiger partial charge in [-0.2, -0.15) is 4.31 Å². The molecule has 0 bridgehead atoms. The van der Waals surface area contributed by atoms with Gasteiger partial charge in [0.05, 0.1) is 4.90 Å². The molecule has 26 heavy (non-hydrogen) atoms. The van der Waals surface area contributed by atoms with Gasteiger partial charge in [0.15, 0.2) is 0 Å². The van der Waals surface area contributed by atoms with Gasteiger partial charge in [-0.3, -0.25) is 4.79 Å². The van der Waals surface area contributed by atoms with E-state index in [2.05, 4.69) is 0 Å². The van der Waals surface area contributed by atoms with E-state index in [0.717, 1.165) is 0 Å². The smallest absolute Gasteiger partial charge is 0.243 e. The van der Waals surface area contributed by atoms with Gasteiger partial charge in [0.2, 0.25) is 15.9 Å². The normalized spacial score (nSPS) is 20.5. The molecule has 6 heteroatoms. The van der Waals surface area contributed by atoms with Crippen molar-refractivity contribution in [1.82, 2.24) is 9.21 Å². The lowest BCUT2D eigenvalue weighted by atomic mass is 9.84. The molecular weight excluding hydrogens is 348 g/mol. The molecule has 0 unspecified atom stereocenters. The molecule has 2 fully saturated rings. The van der Waals surface area contributed by atoms with Gasteiger partial charge < -0.3 is 4.90 Å². The minimum absolute atomic E-state index is 0.0505. The second-order valence-electron chi connectivity index (χ2n) is 7.79. The molecule has 1 aliphatic heterocycles. The van der Waals surface area contributed by atoms with Crippen LogP contribution in [0.2, 0.25) is 0 Å². The van der Waals surface area contributed by atoms with Crippen molar-refractivity contribution in [2.24, 2.45) is 5.92 Å². The molecule has 0 atom stereocenters. The second kappa shape index (κ2) is 8.09. The summed E-state index contributed by atoms with van der Waals surface area (Å²) in [6.07, 6.45) is 6.26. The Morgan fingerprint density at radius 1 is 0.962 bits per heavy atom. The molecular formula is C20H30N2O3S. The largest absolute Gasteiger partial charge is 0.340 e. The highest BCUT2D eigenvalue weighted by Gasteiger charge is 2.30. The molecule has 1 amide bonds. The Hall–Kier alpha value is -1.40. The van der Waals surface area contributed by atoms with E-state index in [4.69, 9.17) is 0 Å². The number of piperazine rings is 1. The predicted octanol–water partition coefficient (Wildman–Crippen LogP) is 3.22. The molecule has 1 saturated carbocycles. The highest BCUT2D eigenvalue weighted by atomic mass is 32.2. The predicted molar refractivity (Wildman–Crippen MR) is 102 cm³/mol. The van der Waals surface area contributed by atoms with Gasteiger partial charge in [0, 0.05) is 32.1 Å². The van der Waals surface area contributed by atoms with Crippen LogP contribution in [0.5, 0.6) is 0 Å². The van der Waals surface area contributed by atoms with Gasteiger partial charge >= 0.3 is 0 Å². The van der Waals surface area contributed by atoms with Crippen molar-refractivity contribution in [3.63, 3.8) is 0 Å². The van der Waals surface area contributed by atoms with Crippen LogP contribution in [0.1, 0.15) is 57.4 Å². The summed E-state index contributed by atoms with van der Waals surface area (Å²) in [5, 5.41) is 0. The number of nitrogens with zero attached hydrogens (tertiary/aromatic N) is 2. The van der Waals surface area contributed by atoms with E-state index in [-0.39, 0.29) is 11.8 Å². The highest BCUT2D eigenvalue weighted by molar-refractivity contribution is 7.89. The van der Waals surface area contributed by atoms with Crippen molar-refractivity contribution in [2.75, 3.05) is 26.2 Å². The van der Waals surface area contributed by atoms with Crippen LogP contribution in [0.15, 0.2) is 29.2 Å². The number of benzene rings is 1. The highest BCUT2D eigenvalue weighted by Crippen LogP contribution is 2.33. The number of amides is 1. The minimum Gasteiger partial charge on any atom is -0.340 e. The maximum Gasteiger partial charge on any atom is 0.243 e. The third kappa shape index (κ3) is 4.12. The summed E-state index contributed by atoms with van der Waals surface area (Å²) in [7, 11) is -3.48. The number of rotatable bonds is 4. The first-order chi connectivity index (χ1) is 12.4. The maximum atomic E-state index is 12.9. The van der Waals surface area contributed by atoms with E-state index >= 15 is 0 Å². The van der Waals surface area contributed by atoms with E-state index < -0.39 is 10.0 Å². The lowest BCUT2D eigenvalue weighted by molar-refractivity contribution is -0.135. The zero-order valence-corrected chi connectivity index (χ0v) is 16.7. The van der Waals surface area contributed by atoms with E-state index in [9.17, 15) is 13.2 Å². The van der Waals surface area contributed by atoms with Crippen LogP contribution in [0.25, 0.3) is 0 Å². The Balaban J connectivity index is 1.66. The first kappa shape index (κ1) is 19.4. The second-order valence-corrected chi connectivity index (χ2v) is 9.73. The monoisotopic (exact) mass is 378 g/mol. The van der Waals surface area contributed by atoms with Crippen LogP contribution in [0.4, 0.5) is 0 Å². The molecule has 2 aliphatic rings. The molecule has 0 N–H and O–H groups in total. The van der Waals surface area contributed by atoms with Crippen molar-refractivity contribution < 1.29 is 13.2 Å². The Morgan fingerprint density at radius 3 is 2.08 bits per heavy atom. The van der Waals surface area contributed by atoms with Crippen LogP contribution in [0, 0.1) is 5.92 Å². The summed E-state index contributed by atoms with van der Waals surface area (Å²) in [4.78, 5) is 14.2. The summed E-state index contributed by atoms with van der Waals surface area (Å²) in [5.41, 5.74) is 1.26. The van der Waals surface area contributed by atoms with Gasteiger partial charge in [-0.25, -0.2) is 8.42 Å². The number of hydrogen-bond donors (Lipinski definition) is 0. The Labute approximate surface area is 157 Å². The van der Waals surface area contributed by atoms with Gasteiger partial charge in [-0.15, -0.1) is 0 Å². The molecule has 5 nitrogen and oxygen atoms in total. The average Bonchev–Trinajstić information content (AvgIpc) is 2.68. The van der Waals surface area contributed by atoms with Crippen LogP contribution >= 0.6 is 0 Å². The Morgan fingerprint density at radius 2 is 1.54 bits per heavy atom. The number of carbonyl (C=O) groups is 1. The third-order valence-electron chi connectivity index (χ3n) is 5.64. The number of sulfonamides is 1. The van der Waals surface area contributed by atoms with Crippen LogP contribution in [-0.4, -0.2) is 49.7 Å². The molecule has 1 aromatic rings. The molecule has 144 valence electrons. The zero-order valence-electron chi connectivity index (χ0n) is 15.9. The minimum atomic E-state index is -3.48. The van der Waals surface area contributed by atoms with Crippen LogP contribution < -0.4 is 0 Å². The van der Waals surface area contributed by atoms with Crippen molar-refractivity contribution in [1.29, 1.82) is 0 Å². The molecule has 3 rings (SSSR count). The average molecular weight is 379 g/mol. The summed E-state index contributed by atoms with van der Waals surface area (Å²) in [6.45, 7) is 5.42. The van der Waals surface area contributed by atoms with Crippen molar-refractivity contribution >= 4 is 15.9 Å². The molecule has 1 aromatic carbocycles. The summed E-state index contributed by atoms with van der Waals surface area (Å²) in [6, 6.07) is 7.48. The fraction of sp³-hybridized carbons (Fsp3) is 0.650. The van der Waals surface area contributed by atoms with Crippen molar-refractivity contribution in [2.45, 2.75) is 56.8 Å². The Bertz CT molecular complexity index is 714. The third-order valence-corrected chi connectivity index (χ3v) is 7.55. The fourth-order valence-corrected chi connectivity index (χ4v) is 5.43. The molecule has 0 aromatic heterocycles. The van der Waals surface area contributed by atoms with Crippen LogP contribution in [-0.2, 0) is 14.8 Å². The van der Waals surface area contributed by atoms with E-state index in [1.54, 1.807) is 17.0 Å². The summed E-state index contributed by atoms with van der Waals surface area (Å²) >= 11 is 0. The van der Waals surface area contributed by atoms with Gasteiger partial charge in [0.1, 0.15) is 0 Å². The van der Waals surface area contributed by atoms with Crippen molar-refractivity contribution in [3.8, 4) is 0 Å². The fourth-order valence-electron chi connectivity index (χ4n) is 4.01. The molecule has 1 heterocycles. The lowest BCUT2D eigenvalue weighted by Gasteiger charge is -2.35. The standard InChI is InChI=1S/C20H30N2O3S/c1-16(2)20(23)21-12-14-22(15-13-21)26(24,25)19-10-8-18(9-11-19)17-6-4-3-5-7-17/h8-11,16-17H,3-7,12-15H2,1-2H3. The summed E-state index contributed by atoms with van der Waals surface area (Å²) in [5.74, 6) is 0.621. The quantitative estimate of drug-likeness (QED) is 0.808. The van der Waals surface area contributed by atoms with Crippen LogP contribution in [0.3, 0.4) is 0 Å². The molecule has 0 radical (unpaired) electrons. The first-order valence-electron chi connectivity index (χ1n) is 9.78. The summed E-state index contributed by atoms with van der Waals surface area (Å²) < 4.78 is 27.3. The first-order valence-corrected chi connectivity index (χ1v) is 11.2. The lowest BCUT2D eigenvalue weighted by Crippen LogP contribution is -2.51. The SMILES string of the molecule is CC(C)C(=O)N1CCN(S(=O)(=O)c2ccc(C3CCCCC3)cc2)CC1. The van der Waals surface area contributed by atoms with Crippen molar-refractivity contribution in [3.05, 3.63) is 29.8 Å². The number of hydrogen-bond acceptors (Lipinski definition) is 3. The van der Waals surface area contributed by atoms with Gasteiger partial charge in [0.25, 0.3) is 0 Å². The number of carbonyl (C=O) groups excluding carboxylic acids is 1. The van der Waals surface area contributed by atoms with E-state index in [1.807, 2.05) is 26.0 Å². The van der Waals surface area contributed by atoms with Gasteiger partial charge in [-0.1, -0.05) is 45.2 Å².